The van der Waals surface area contributed by atoms with Gasteiger partial charge in [0.2, 0.25) is 11.8 Å². The largest absolute Gasteiger partial charge is 0.497 e. The fourth-order valence-electron chi connectivity index (χ4n) is 4.99. The van der Waals surface area contributed by atoms with Gasteiger partial charge in [0.1, 0.15) is 29.7 Å². The van der Waals surface area contributed by atoms with Crippen molar-refractivity contribution >= 4 is 28.5 Å². The van der Waals surface area contributed by atoms with Crippen molar-refractivity contribution in [2.45, 2.75) is 38.4 Å². The zero-order valence-corrected chi connectivity index (χ0v) is 21.7. The average molecular weight is 528 g/mol. The second-order valence-electron chi connectivity index (χ2n) is 9.59. The number of carbonyl (C=O) groups is 2. The van der Waals surface area contributed by atoms with E-state index in [0.29, 0.717) is 23.4 Å². The lowest BCUT2D eigenvalue weighted by Crippen LogP contribution is -2.52. The molecule has 0 saturated heterocycles. The molecule has 4 aromatic rings. The number of hydrogen-bond donors (Lipinski definition) is 1. The second-order valence-corrected chi connectivity index (χ2v) is 9.59. The van der Waals surface area contributed by atoms with E-state index in [2.05, 4.69) is 27.8 Å². The van der Waals surface area contributed by atoms with Gasteiger partial charge in [0.05, 0.1) is 12.6 Å². The van der Waals surface area contributed by atoms with Gasteiger partial charge in [-0.3, -0.25) is 9.59 Å². The molecule has 0 fully saturated rings. The highest BCUT2D eigenvalue weighted by Crippen LogP contribution is 2.29. The Morgan fingerprint density at radius 3 is 2.56 bits per heavy atom. The summed E-state index contributed by atoms with van der Waals surface area (Å²) in [7, 11) is 1.58. The summed E-state index contributed by atoms with van der Waals surface area (Å²) in [6, 6.07) is 19.7. The van der Waals surface area contributed by atoms with Gasteiger partial charge in [0, 0.05) is 12.2 Å². The van der Waals surface area contributed by atoms with Gasteiger partial charge in [-0.05, 0) is 79.3 Å². The number of benzene rings is 3. The van der Waals surface area contributed by atoms with Gasteiger partial charge in [0.25, 0.3) is 0 Å². The maximum atomic E-state index is 14.0. The molecule has 1 aromatic heterocycles. The van der Waals surface area contributed by atoms with E-state index in [1.54, 1.807) is 53.1 Å². The summed E-state index contributed by atoms with van der Waals surface area (Å²) < 4.78 is 20.5. The molecule has 2 amide bonds. The number of para-hydroxylation sites is 1. The summed E-state index contributed by atoms with van der Waals surface area (Å²) in [6.07, 6.45) is 6.41. The number of halogens is 1. The van der Waals surface area contributed by atoms with E-state index < -0.39 is 6.04 Å². The zero-order chi connectivity index (χ0) is 27.2. The number of methoxy groups -OCH3 is 1. The molecule has 39 heavy (non-hydrogen) atoms. The topological polar surface area (TPSA) is 89.4 Å². The van der Waals surface area contributed by atoms with E-state index in [1.807, 2.05) is 24.3 Å². The summed E-state index contributed by atoms with van der Waals surface area (Å²) in [4.78, 5) is 29.5. The molecule has 0 spiro atoms. The lowest BCUT2D eigenvalue weighted by atomic mass is 9.85. The van der Waals surface area contributed by atoms with Crippen molar-refractivity contribution in [1.82, 2.24) is 19.9 Å². The Bertz CT molecular complexity index is 1470. The van der Waals surface area contributed by atoms with E-state index in [4.69, 9.17) is 4.74 Å². The summed E-state index contributed by atoms with van der Waals surface area (Å²) in [5.41, 5.74) is 2.74. The third kappa shape index (κ3) is 6.14. The first-order chi connectivity index (χ1) is 19.0. The minimum Gasteiger partial charge on any atom is -0.497 e. The normalized spacial score (nSPS) is 15.6. The van der Waals surface area contributed by atoms with E-state index in [1.165, 1.54) is 12.1 Å². The van der Waals surface area contributed by atoms with Gasteiger partial charge in [0.15, 0.2) is 0 Å². The van der Waals surface area contributed by atoms with Crippen LogP contribution >= 0.6 is 0 Å². The molecule has 0 saturated carbocycles. The van der Waals surface area contributed by atoms with Crippen LogP contribution in [0.3, 0.4) is 0 Å². The SMILES string of the molecule is COc1ccc(NC(=O)C(C2CC=CCC2)N(Cc2ccc(F)cc2)C(=O)Cn2nnc3ccccc32)cc1. The van der Waals surface area contributed by atoms with Crippen molar-refractivity contribution < 1.29 is 18.7 Å². The first kappa shape index (κ1) is 26.1. The van der Waals surface area contributed by atoms with E-state index in [9.17, 15) is 14.0 Å². The van der Waals surface area contributed by atoms with Crippen LogP contribution in [0.5, 0.6) is 5.75 Å². The van der Waals surface area contributed by atoms with Crippen molar-refractivity contribution in [3.63, 3.8) is 0 Å². The molecule has 0 aliphatic heterocycles. The Morgan fingerprint density at radius 1 is 1.08 bits per heavy atom. The molecule has 0 radical (unpaired) electrons. The third-order valence-corrected chi connectivity index (χ3v) is 7.01. The molecule has 1 N–H and O–H groups in total. The van der Waals surface area contributed by atoms with Gasteiger partial charge >= 0.3 is 0 Å². The van der Waals surface area contributed by atoms with E-state index >= 15 is 0 Å². The molecule has 1 aliphatic carbocycles. The molecular formula is C30H30FN5O3. The van der Waals surface area contributed by atoms with Crippen molar-refractivity contribution in [3.05, 3.63) is 96.3 Å². The van der Waals surface area contributed by atoms with Crippen LogP contribution in [0.4, 0.5) is 10.1 Å². The van der Waals surface area contributed by atoms with Crippen LogP contribution in [-0.2, 0) is 22.7 Å². The van der Waals surface area contributed by atoms with Gasteiger partial charge in [-0.2, -0.15) is 0 Å². The lowest BCUT2D eigenvalue weighted by molar-refractivity contribution is -0.142. The Morgan fingerprint density at radius 2 is 1.85 bits per heavy atom. The minimum absolute atomic E-state index is 0.0867. The van der Waals surface area contributed by atoms with Crippen LogP contribution in [0.1, 0.15) is 24.8 Å². The molecule has 1 aliphatic rings. The van der Waals surface area contributed by atoms with Crippen LogP contribution in [0, 0.1) is 11.7 Å². The van der Waals surface area contributed by atoms with Gasteiger partial charge in [-0.1, -0.05) is 41.6 Å². The molecular weight excluding hydrogens is 497 g/mol. The Balaban J connectivity index is 1.49. The predicted octanol–water partition coefficient (Wildman–Crippen LogP) is 4.97. The molecule has 2 atom stereocenters. The number of allylic oxidation sites excluding steroid dienone is 2. The van der Waals surface area contributed by atoms with Crippen molar-refractivity contribution in [1.29, 1.82) is 0 Å². The van der Waals surface area contributed by atoms with Crippen molar-refractivity contribution in [3.8, 4) is 5.75 Å². The second kappa shape index (κ2) is 11.9. The Hall–Kier alpha value is -4.53. The summed E-state index contributed by atoms with van der Waals surface area (Å²) in [5, 5.41) is 11.4. The van der Waals surface area contributed by atoms with Crippen molar-refractivity contribution in [2.75, 3.05) is 12.4 Å². The molecule has 9 heteroatoms. The Labute approximate surface area is 226 Å². The van der Waals surface area contributed by atoms with Crippen LogP contribution < -0.4 is 10.1 Å². The van der Waals surface area contributed by atoms with Gasteiger partial charge in [-0.15, -0.1) is 5.10 Å². The number of hydrogen-bond acceptors (Lipinski definition) is 5. The number of aromatic nitrogens is 3. The number of ether oxygens (including phenoxy) is 1. The van der Waals surface area contributed by atoms with E-state index in [0.717, 1.165) is 23.9 Å². The highest BCUT2D eigenvalue weighted by Gasteiger charge is 2.37. The molecule has 2 unspecified atom stereocenters. The van der Waals surface area contributed by atoms with Crippen LogP contribution in [0.25, 0.3) is 11.0 Å². The number of amides is 2. The standard InChI is InChI=1S/C30H30FN5O3/c1-39-25-17-15-24(16-18-25)32-30(38)29(22-7-3-2-4-8-22)35(19-21-11-13-23(31)14-12-21)28(37)20-36-27-10-6-5-9-26(27)33-34-36/h2-3,5-6,9-18,22,29H,4,7-8,19-20H2,1H3,(H,32,38). The number of carbonyl (C=O) groups excluding carboxylic acids is 2. The van der Waals surface area contributed by atoms with Gasteiger partial charge in [-0.25, -0.2) is 9.07 Å². The summed E-state index contributed by atoms with van der Waals surface area (Å²) in [6.45, 7) is 0.0588. The van der Waals surface area contributed by atoms with Crippen LogP contribution in [-0.4, -0.2) is 44.9 Å². The molecule has 1 heterocycles. The summed E-state index contributed by atoms with van der Waals surface area (Å²) >= 11 is 0. The average Bonchev–Trinajstić information content (AvgIpc) is 3.37. The molecule has 3 aromatic carbocycles. The fourth-order valence-corrected chi connectivity index (χ4v) is 4.99. The van der Waals surface area contributed by atoms with E-state index in [-0.39, 0.29) is 36.6 Å². The minimum atomic E-state index is -0.760. The van der Waals surface area contributed by atoms with Crippen molar-refractivity contribution in [2.24, 2.45) is 5.92 Å². The maximum Gasteiger partial charge on any atom is 0.247 e. The maximum absolute atomic E-state index is 14.0. The molecule has 200 valence electrons. The number of anilines is 1. The Kier molecular flexibility index (Phi) is 7.96. The zero-order valence-electron chi connectivity index (χ0n) is 21.7. The molecule has 5 rings (SSSR count). The highest BCUT2D eigenvalue weighted by molar-refractivity contribution is 5.97. The monoisotopic (exact) mass is 527 g/mol. The first-order valence-electron chi connectivity index (χ1n) is 12.9. The number of fused-ring (bicyclic) bond motifs is 1. The molecule has 0 bridgehead atoms. The lowest BCUT2D eigenvalue weighted by Gasteiger charge is -2.37. The number of nitrogens with zero attached hydrogens (tertiary/aromatic N) is 4. The third-order valence-electron chi connectivity index (χ3n) is 7.01. The highest BCUT2D eigenvalue weighted by atomic mass is 19.1. The predicted molar refractivity (Wildman–Crippen MR) is 146 cm³/mol. The fraction of sp³-hybridized carbons (Fsp3) is 0.267. The first-order valence-corrected chi connectivity index (χ1v) is 12.9. The van der Waals surface area contributed by atoms with Gasteiger partial charge < -0.3 is 15.0 Å². The molecule has 8 nitrogen and oxygen atoms in total. The summed E-state index contributed by atoms with van der Waals surface area (Å²) in [5.74, 6) is -0.337. The van der Waals surface area contributed by atoms with Crippen LogP contribution in [0.2, 0.25) is 0 Å². The number of rotatable bonds is 9. The quantitative estimate of drug-likeness (QED) is 0.311. The van der Waals surface area contributed by atoms with Crippen LogP contribution in [0.15, 0.2) is 84.9 Å². The smallest absolute Gasteiger partial charge is 0.247 e. The number of nitrogens with one attached hydrogen (secondary N) is 1.